The molecule has 0 saturated carbocycles. The molecule has 3 aromatic rings. The van der Waals surface area contributed by atoms with Crippen LogP contribution >= 0.6 is 0 Å². The maximum atomic E-state index is 13.4. The van der Waals surface area contributed by atoms with Crippen LogP contribution in [0.3, 0.4) is 0 Å². The Bertz CT molecular complexity index is 1320. The summed E-state index contributed by atoms with van der Waals surface area (Å²) in [6, 6.07) is 13.5. The van der Waals surface area contributed by atoms with E-state index in [-0.39, 0.29) is 22.7 Å². The summed E-state index contributed by atoms with van der Waals surface area (Å²) in [6.07, 6.45) is 1.23. The number of rotatable bonds is 3. The van der Waals surface area contributed by atoms with Crippen molar-refractivity contribution in [3.05, 3.63) is 81.2 Å². The summed E-state index contributed by atoms with van der Waals surface area (Å²) in [6.45, 7) is 2.06. The first-order valence-corrected chi connectivity index (χ1v) is 11.9. The van der Waals surface area contributed by atoms with E-state index in [2.05, 4.69) is 6.92 Å². The molecular formula is C23H21NO5S. The third-order valence-electron chi connectivity index (χ3n) is 6.12. The number of hydrogen-bond acceptors (Lipinski definition) is 5. The summed E-state index contributed by atoms with van der Waals surface area (Å²) in [5, 5.41) is 0.417. The van der Waals surface area contributed by atoms with Crippen LogP contribution in [0.25, 0.3) is 11.0 Å². The van der Waals surface area contributed by atoms with Crippen molar-refractivity contribution in [1.29, 1.82) is 0 Å². The summed E-state index contributed by atoms with van der Waals surface area (Å²) >= 11 is 0. The molecule has 1 aromatic heterocycles. The molecule has 0 radical (unpaired) electrons. The van der Waals surface area contributed by atoms with Crippen molar-refractivity contribution < 1.29 is 17.6 Å². The van der Waals surface area contributed by atoms with Gasteiger partial charge in [0.15, 0.2) is 15.3 Å². The second kappa shape index (κ2) is 6.80. The quantitative estimate of drug-likeness (QED) is 0.646. The lowest BCUT2D eigenvalue weighted by Gasteiger charge is -2.30. The van der Waals surface area contributed by atoms with Gasteiger partial charge in [-0.25, -0.2) is 8.42 Å². The third-order valence-corrected chi connectivity index (χ3v) is 7.87. The Hall–Kier alpha value is -2.93. The van der Waals surface area contributed by atoms with E-state index < -0.39 is 27.8 Å². The zero-order chi connectivity index (χ0) is 21.0. The molecule has 3 heterocycles. The smallest absolute Gasteiger partial charge is 0.291 e. The first kappa shape index (κ1) is 19.1. The Morgan fingerprint density at radius 3 is 2.47 bits per heavy atom. The number of para-hydroxylation sites is 1. The van der Waals surface area contributed by atoms with Gasteiger partial charge in [0.2, 0.25) is 5.76 Å². The van der Waals surface area contributed by atoms with Gasteiger partial charge < -0.3 is 9.32 Å². The number of hydrogen-bond donors (Lipinski definition) is 0. The molecule has 0 unspecified atom stereocenters. The zero-order valence-corrected chi connectivity index (χ0v) is 17.3. The standard InChI is InChI=1S/C23H21NO5S/c1-2-14-7-9-15(10-8-14)20-19-21(25)17-5-3-4-6-18(17)29-22(19)23(26)24(20)16-11-12-30(27,28)13-16/h3-10,16,20H,2,11-13H2,1H3/t16-,20+/m1/s1. The second-order valence-corrected chi connectivity index (χ2v) is 10.2. The van der Waals surface area contributed by atoms with Gasteiger partial charge in [0.25, 0.3) is 5.91 Å². The van der Waals surface area contributed by atoms with Crippen molar-refractivity contribution in [2.75, 3.05) is 11.5 Å². The highest BCUT2D eigenvalue weighted by Gasteiger charge is 2.48. The molecule has 0 bridgehead atoms. The lowest BCUT2D eigenvalue weighted by atomic mass is 9.96. The minimum absolute atomic E-state index is 0.0209. The first-order valence-electron chi connectivity index (χ1n) is 10.1. The number of nitrogens with zero attached hydrogens (tertiary/aromatic N) is 1. The minimum Gasteiger partial charge on any atom is -0.450 e. The van der Waals surface area contributed by atoms with Crippen molar-refractivity contribution in [2.45, 2.75) is 31.8 Å². The van der Waals surface area contributed by atoms with E-state index in [0.717, 1.165) is 17.5 Å². The molecule has 0 N–H and O–H groups in total. The van der Waals surface area contributed by atoms with Crippen molar-refractivity contribution >= 4 is 26.7 Å². The highest BCUT2D eigenvalue weighted by Crippen LogP contribution is 2.41. The minimum atomic E-state index is -3.21. The van der Waals surface area contributed by atoms with E-state index in [4.69, 9.17) is 4.42 Å². The van der Waals surface area contributed by atoms with Gasteiger partial charge in [-0.15, -0.1) is 0 Å². The molecule has 154 valence electrons. The number of benzene rings is 2. The fourth-order valence-corrected chi connectivity index (χ4v) is 6.28. The zero-order valence-electron chi connectivity index (χ0n) is 16.5. The van der Waals surface area contributed by atoms with Crippen LogP contribution in [0.5, 0.6) is 0 Å². The van der Waals surface area contributed by atoms with E-state index in [9.17, 15) is 18.0 Å². The average molecular weight is 423 g/mol. The molecule has 2 aromatic carbocycles. The van der Waals surface area contributed by atoms with Gasteiger partial charge in [-0.05, 0) is 36.1 Å². The van der Waals surface area contributed by atoms with Gasteiger partial charge in [-0.1, -0.05) is 43.3 Å². The van der Waals surface area contributed by atoms with E-state index in [1.807, 2.05) is 24.3 Å². The molecule has 1 saturated heterocycles. The average Bonchev–Trinajstić information content (AvgIpc) is 3.25. The van der Waals surface area contributed by atoms with Gasteiger partial charge in [0, 0.05) is 6.04 Å². The number of fused-ring (bicyclic) bond motifs is 2. The molecule has 5 rings (SSSR count). The molecule has 1 fully saturated rings. The maximum Gasteiger partial charge on any atom is 0.291 e. The Kier molecular flexibility index (Phi) is 4.32. The third kappa shape index (κ3) is 2.88. The van der Waals surface area contributed by atoms with Crippen LogP contribution in [-0.2, 0) is 16.3 Å². The van der Waals surface area contributed by atoms with Crippen LogP contribution in [0.4, 0.5) is 0 Å². The van der Waals surface area contributed by atoms with E-state index in [1.165, 1.54) is 0 Å². The molecule has 0 spiro atoms. The molecule has 0 aliphatic carbocycles. The summed E-state index contributed by atoms with van der Waals surface area (Å²) in [5.74, 6) is -0.445. The normalized spacial score (nSPS) is 22.6. The maximum absolute atomic E-state index is 13.4. The number of amides is 1. The molecule has 7 heteroatoms. The fourth-order valence-electron chi connectivity index (χ4n) is 4.57. The fraction of sp³-hybridized carbons (Fsp3) is 0.304. The van der Waals surface area contributed by atoms with Gasteiger partial charge in [0.1, 0.15) is 5.58 Å². The van der Waals surface area contributed by atoms with Gasteiger partial charge in [-0.3, -0.25) is 9.59 Å². The molecule has 1 amide bonds. The predicted octanol–water partition coefficient (Wildman–Crippen LogP) is 3.09. The molecular weight excluding hydrogens is 402 g/mol. The lowest BCUT2D eigenvalue weighted by molar-refractivity contribution is 0.0662. The SMILES string of the molecule is CCc1ccc([C@H]2c3c(oc4ccccc4c3=O)C(=O)N2[C@@H]2CCS(=O)(=O)C2)cc1. The molecule has 2 aliphatic rings. The first-order chi connectivity index (χ1) is 14.4. The molecule has 2 atom stereocenters. The van der Waals surface area contributed by atoms with Crippen LogP contribution in [0, 0.1) is 0 Å². The summed E-state index contributed by atoms with van der Waals surface area (Å²) in [5.41, 5.74) is 2.34. The number of carbonyl (C=O) groups excluding carboxylic acids is 1. The van der Waals surface area contributed by atoms with Gasteiger partial charge in [-0.2, -0.15) is 0 Å². The highest BCUT2D eigenvalue weighted by atomic mass is 32.2. The number of carbonyl (C=O) groups is 1. The van der Waals surface area contributed by atoms with Crippen molar-refractivity contribution in [2.24, 2.45) is 0 Å². The van der Waals surface area contributed by atoms with E-state index in [0.29, 0.717) is 23.0 Å². The molecule has 2 aliphatic heterocycles. The predicted molar refractivity (Wildman–Crippen MR) is 113 cm³/mol. The van der Waals surface area contributed by atoms with Gasteiger partial charge in [0.05, 0.1) is 28.5 Å². The second-order valence-electron chi connectivity index (χ2n) is 7.94. The van der Waals surface area contributed by atoms with E-state index in [1.54, 1.807) is 29.2 Å². The molecule has 6 nitrogen and oxygen atoms in total. The monoisotopic (exact) mass is 423 g/mol. The Morgan fingerprint density at radius 2 is 1.80 bits per heavy atom. The molecule has 30 heavy (non-hydrogen) atoms. The highest BCUT2D eigenvalue weighted by molar-refractivity contribution is 7.91. The van der Waals surface area contributed by atoms with Crippen LogP contribution in [0.2, 0.25) is 0 Å². The number of aryl methyl sites for hydroxylation is 1. The van der Waals surface area contributed by atoms with Crippen LogP contribution in [-0.4, -0.2) is 36.8 Å². The summed E-state index contributed by atoms with van der Waals surface area (Å²) in [4.78, 5) is 28.4. The van der Waals surface area contributed by atoms with Crippen molar-refractivity contribution in [1.82, 2.24) is 4.90 Å². The van der Waals surface area contributed by atoms with Crippen LogP contribution in [0.15, 0.2) is 57.7 Å². The summed E-state index contributed by atoms with van der Waals surface area (Å²) < 4.78 is 30.2. The van der Waals surface area contributed by atoms with E-state index >= 15 is 0 Å². The van der Waals surface area contributed by atoms with Crippen LogP contribution in [0.1, 0.15) is 46.6 Å². The summed E-state index contributed by atoms with van der Waals surface area (Å²) in [7, 11) is -3.21. The number of sulfone groups is 1. The topological polar surface area (TPSA) is 84.7 Å². The largest absolute Gasteiger partial charge is 0.450 e. The lowest BCUT2D eigenvalue weighted by Crippen LogP contribution is -2.40. The Balaban J connectivity index is 1.74. The Labute approximate surface area is 174 Å². The van der Waals surface area contributed by atoms with Crippen molar-refractivity contribution in [3.63, 3.8) is 0 Å². The van der Waals surface area contributed by atoms with Crippen molar-refractivity contribution in [3.8, 4) is 0 Å². The van der Waals surface area contributed by atoms with Crippen LogP contribution < -0.4 is 5.43 Å². The Morgan fingerprint density at radius 1 is 1.07 bits per heavy atom. The van der Waals surface area contributed by atoms with Gasteiger partial charge >= 0.3 is 0 Å².